The van der Waals surface area contributed by atoms with Gasteiger partial charge in [0.2, 0.25) is 0 Å². The van der Waals surface area contributed by atoms with Gasteiger partial charge in [-0.1, -0.05) is 31.8 Å². The molecule has 0 unspecified atom stereocenters. The number of aryl methyl sites for hydroxylation is 1. The third-order valence-electron chi connectivity index (χ3n) is 5.11. The summed E-state index contributed by atoms with van der Waals surface area (Å²) in [5.74, 6) is -4.57. The average molecular weight is 531 g/mol. The molecule has 0 bridgehead atoms. The summed E-state index contributed by atoms with van der Waals surface area (Å²) in [5.41, 5.74) is -3.33. The highest BCUT2D eigenvalue weighted by Crippen LogP contribution is 2.39. The number of benzene rings is 2. The summed E-state index contributed by atoms with van der Waals surface area (Å²) in [6.45, 7) is 2.07. The van der Waals surface area contributed by atoms with E-state index in [2.05, 4.69) is 28.5 Å². The van der Waals surface area contributed by atoms with Crippen LogP contribution in [0.5, 0.6) is 5.75 Å². The van der Waals surface area contributed by atoms with Crippen LogP contribution in [0, 0.1) is 35.1 Å². The maximum absolute atomic E-state index is 14.5. The van der Waals surface area contributed by atoms with Crippen molar-refractivity contribution >= 4 is 0 Å². The monoisotopic (exact) mass is 531 g/mol. The Morgan fingerprint density at radius 1 is 0.784 bits per heavy atom. The summed E-state index contributed by atoms with van der Waals surface area (Å²) in [6.07, 6.45) is -4.73. The van der Waals surface area contributed by atoms with E-state index in [0.29, 0.717) is 12.1 Å². The molecule has 0 aliphatic rings. The van der Waals surface area contributed by atoms with E-state index >= 15 is 0 Å². The third kappa shape index (κ3) is 6.96. The van der Waals surface area contributed by atoms with Gasteiger partial charge in [-0.25, -0.2) is 22.5 Å². The standard InChI is InChI=1S/C26H18F9NO/c1-2-3-4-5-15-6-8-17(36-14-15)9-7-16-10-19(27)24(20(28)11-16)26(34,35)37-18-12-21(29)23(22(30)13-18)25(31,32)33/h6,8,10-14H,2-5H2,1H3. The van der Waals surface area contributed by atoms with Gasteiger partial charge in [-0.2, -0.15) is 22.0 Å². The third-order valence-corrected chi connectivity index (χ3v) is 5.11. The van der Waals surface area contributed by atoms with Crippen molar-refractivity contribution in [3.05, 3.63) is 93.8 Å². The summed E-state index contributed by atoms with van der Waals surface area (Å²) < 4.78 is 127. The number of nitrogens with zero attached hydrogens (tertiary/aromatic N) is 1. The van der Waals surface area contributed by atoms with Gasteiger partial charge in [0, 0.05) is 23.9 Å². The Labute approximate surface area is 206 Å². The first kappa shape index (κ1) is 27.9. The SMILES string of the molecule is CCCCCc1ccc(C#Cc2cc(F)c(C(F)(F)Oc3cc(F)c(C(F)(F)F)c(F)c3)c(F)c2)nc1. The fourth-order valence-electron chi connectivity index (χ4n) is 3.36. The second-order valence-electron chi connectivity index (χ2n) is 7.95. The highest BCUT2D eigenvalue weighted by Gasteiger charge is 2.43. The zero-order valence-electron chi connectivity index (χ0n) is 19.1. The molecule has 0 saturated carbocycles. The van der Waals surface area contributed by atoms with Crippen molar-refractivity contribution in [3.8, 4) is 17.6 Å². The van der Waals surface area contributed by atoms with Crippen molar-refractivity contribution < 1.29 is 44.3 Å². The molecule has 3 rings (SSSR count). The Kier molecular flexibility index (Phi) is 8.41. The lowest BCUT2D eigenvalue weighted by Gasteiger charge is -2.20. The minimum absolute atomic E-state index is 0.169. The molecule has 3 aromatic rings. The fraction of sp³-hybridized carbons (Fsp3) is 0.269. The van der Waals surface area contributed by atoms with E-state index in [0.717, 1.165) is 31.2 Å². The molecule has 37 heavy (non-hydrogen) atoms. The van der Waals surface area contributed by atoms with Crippen LogP contribution >= 0.6 is 0 Å². The van der Waals surface area contributed by atoms with E-state index in [1.807, 2.05) is 0 Å². The van der Waals surface area contributed by atoms with E-state index in [1.165, 1.54) is 0 Å². The summed E-state index contributed by atoms with van der Waals surface area (Å²) >= 11 is 0. The Balaban J connectivity index is 1.82. The molecule has 196 valence electrons. The summed E-state index contributed by atoms with van der Waals surface area (Å²) in [7, 11) is 0. The van der Waals surface area contributed by atoms with Crippen molar-refractivity contribution in [3.63, 3.8) is 0 Å². The van der Waals surface area contributed by atoms with Crippen LogP contribution in [0.4, 0.5) is 39.5 Å². The van der Waals surface area contributed by atoms with E-state index in [1.54, 1.807) is 18.3 Å². The van der Waals surface area contributed by atoms with E-state index in [9.17, 15) is 39.5 Å². The van der Waals surface area contributed by atoms with Crippen LogP contribution in [0.1, 0.15) is 54.1 Å². The number of aromatic nitrogens is 1. The molecule has 0 aliphatic heterocycles. The smallest absolute Gasteiger partial charge is 0.429 e. The lowest BCUT2D eigenvalue weighted by Crippen LogP contribution is -2.25. The second-order valence-corrected chi connectivity index (χ2v) is 7.95. The first-order valence-corrected chi connectivity index (χ1v) is 10.9. The maximum atomic E-state index is 14.5. The van der Waals surface area contributed by atoms with Gasteiger partial charge in [0.15, 0.2) is 0 Å². The predicted molar refractivity (Wildman–Crippen MR) is 116 cm³/mol. The Bertz CT molecular complexity index is 1280. The first-order valence-electron chi connectivity index (χ1n) is 10.9. The van der Waals surface area contributed by atoms with E-state index in [-0.39, 0.29) is 23.4 Å². The van der Waals surface area contributed by atoms with Gasteiger partial charge in [-0.3, -0.25) is 0 Å². The first-order chi connectivity index (χ1) is 17.3. The van der Waals surface area contributed by atoms with Gasteiger partial charge in [-0.05, 0) is 42.5 Å². The molecule has 0 fully saturated rings. The van der Waals surface area contributed by atoms with Crippen LogP contribution in [0.15, 0.2) is 42.6 Å². The molecule has 1 heterocycles. The zero-order chi connectivity index (χ0) is 27.4. The molecule has 0 atom stereocenters. The molecule has 0 spiro atoms. The van der Waals surface area contributed by atoms with Crippen LogP contribution in [-0.4, -0.2) is 4.98 Å². The minimum Gasteiger partial charge on any atom is -0.429 e. The lowest BCUT2D eigenvalue weighted by molar-refractivity contribution is -0.189. The Hall–Kier alpha value is -3.68. The van der Waals surface area contributed by atoms with Crippen molar-refractivity contribution in [2.24, 2.45) is 0 Å². The molecule has 0 amide bonds. The topological polar surface area (TPSA) is 22.1 Å². The van der Waals surface area contributed by atoms with Crippen molar-refractivity contribution in [2.45, 2.75) is 44.9 Å². The Morgan fingerprint density at radius 3 is 1.89 bits per heavy atom. The van der Waals surface area contributed by atoms with Gasteiger partial charge >= 0.3 is 12.3 Å². The van der Waals surface area contributed by atoms with Gasteiger partial charge in [0.1, 0.15) is 45.8 Å². The quantitative estimate of drug-likeness (QED) is 0.176. The number of ether oxygens (including phenoxy) is 1. The molecule has 0 aliphatic carbocycles. The normalized spacial score (nSPS) is 11.7. The highest BCUT2D eigenvalue weighted by atomic mass is 19.4. The zero-order valence-corrected chi connectivity index (χ0v) is 19.1. The number of halogens is 9. The van der Waals surface area contributed by atoms with Crippen LogP contribution in [0.25, 0.3) is 0 Å². The maximum Gasteiger partial charge on any atom is 0.432 e. The molecular formula is C26H18F9NO. The largest absolute Gasteiger partial charge is 0.432 e. The van der Waals surface area contributed by atoms with Gasteiger partial charge in [0.05, 0.1) is 0 Å². The average Bonchev–Trinajstić information content (AvgIpc) is 2.76. The molecule has 2 nitrogen and oxygen atoms in total. The Morgan fingerprint density at radius 2 is 1.38 bits per heavy atom. The molecular weight excluding hydrogens is 513 g/mol. The van der Waals surface area contributed by atoms with Crippen molar-refractivity contribution in [1.82, 2.24) is 4.98 Å². The van der Waals surface area contributed by atoms with Crippen LogP contribution in [0.2, 0.25) is 0 Å². The number of pyridine rings is 1. The van der Waals surface area contributed by atoms with Crippen molar-refractivity contribution in [2.75, 3.05) is 0 Å². The second kappa shape index (κ2) is 11.2. The van der Waals surface area contributed by atoms with Gasteiger partial charge < -0.3 is 4.74 Å². The van der Waals surface area contributed by atoms with E-state index < -0.39 is 52.4 Å². The van der Waals surface area contributed by atoms with E-state index in [4.69, 9.17) is 0 Å². The lowest BCUT2D eigenvalue weighted by atomic mass is 10.1. The molecule has 1 aromatic heterocycles. The number of hydrogen-bond acceptors (Lipinski definition) is 2. The van der Waals surface area contributed by atoms with Crippen LogP contribution in [-0.2, 0) is 18.7 Å². The summed E-state index contributed by atoms with van der Waals surface area (Å²) in [5, 5.41) is 0. The molecule has 0 N–H and O–H groups in total. The highest BCUT2D eigenvalue weighted by molar-refractivity contribution is 5.43. The summed E-state index contributed by atoms with van der Waals surface area (Å²) in [6, 6.07) is 4.02. The summed E-state index contributed by atoms with van der Waals surface area (Å²) in [4.78, 5) is 4.12. The number of unbranched alkanes of at least 4 members (excludes halogenated alkanes) is 2. The van der Waals surface area contributed by atoms with Gasteiger partial charge in [-0.15, -0.1) is 0 Å². The minimum atomic E-state index is -5.45. The molecule has 0 saturated heterocycles. The number of rotatable bonds is 7. The molecule has 0 radical (unpaired) electrons. The predicted octanol–water partition coefficient (Wildman–Crippen LogP) is 7.92. The van der Waals surface area contributed by atoms with Crippen LogP contribution < -0.4 is 4.74 Å². The van der Waals surface area contributed by atoms with Gasteiger partial charge in [0.25, 0.3) is 0 Å². The number of hydrogen-bond donors (Lipinski definition) is 0. The molecule has 11 heteroatoms. The molecule has 2 aromatic carbocycles. The van der Waals surface area contributed by atoms with Crippen LogP contribution in [0.3, 0.4) is 0 Å². The number of alkyl halides is 5. The van der Waals surface area contributed by atoms with Crippen molar-refractivity contribution in [1.29, 1.82) is 0 Å². The fourth-order valence-corrected chi connectivity index (χ4v) is 3.36.